The van der Waals surface area contributed by atoms with Crippen LogP contribution in [0.25, 0.3) is 0 Å². The van der Waals surface area contributed by atoms with Crippen molar-refractivity contribution in [1.82, 2.24) is 0 Å². The average Bonchev–Trinajstić information content (AvgIpc) is 2.85. The van der Waals surface area contributed by atoms with Crippen molar-refractivity contribution in [2.24, 2.45) is 0 Å². The van der Waals surface area contributed by atoms with Crippen molar-refractivity contribution in [1.29, 1.82) is 0 Å². The van der Waals surface area contributed by atoms with Crippen molar-refractivity contribution < 1.29 is 22.6 Å². The number of benzene rings is 2. The number of alkyl halides is 3. The van der Waals surface area contributed by atoms with Gasteiger partial charge in [0.2, 0.25) is 6.79 Å². The second-order valence-electron chi connectivity index (χ2n) is 4.78. The van der Waals surface area contributed by atoms with Gasteiger partial charge in [0.15, 0.2) is 11.5 Å². The number of fused-ring (bicyclic) bond motifs is 1. The maximum absolute atomic E-state index is 12.7. The molecule has 3 nitrogen and oxygen atoms in total. The summed E-state index contributed by atoms with van der Waals surface area (Å²) < 4.78 is 48.6. The van der Waals surface area contributed by atoms with Gasteiger partial charge >= 0.3 is 6.18 Å². The van der Waals surface area contributed by atoms with Gasteiger partial charge in [-0.25, -0.2) is 0 Å². The molecule has 110 valence electrons. The topological polar surface area (TPSA) is 44.5 Å². The van der Waals surface area contributed by atoms with Crippen LogP contribution in [-0.4, -0.2) is 6.79 Å². The molecule has 0 bridgehead atoms. The maximum Gasteiger partial charge on any atom is 0.416 e. The zero-order chi connectivity index (χ0) is 15.0. The van der Waals surface area contributed by atoms with Gasteiger partial charge in [-0.3, -0.25) is 0 Å². The molecule has 0 aromatic heterocycles. The highest BCUT2D eigenvalue weighted by atomic mass is 19.4. The fourth-order valence-electron chi connectivity index (χ4n) is 2.23. The first-order chi connectivity index (χ1) is 9.93. The number of hydrogen-bond acceptors (Lipinski definition) is 3. The van der Waals surface area contributed by atoms with E-state index in [9.17, 15) is 13.2 Å². The van der Waals surface area contributed by atoms with Crippen molar-refractivity contribution in [2.45, 2.75) is 12.6 Å². The van der Waals surface area contributed by atoms with E-state index in [4.69, 9.17) is 15.2 Å². The lowest BCUT2D eigenvalue weighted by Gasteiger charge is -2.10. The Kier molecular flexibility index (Phi) is 3.16. The van der Waals surface area contributed by atoms with E-state index in [0.29, 0.717) is 34.7 Å². The first kappa shape index (κ1) is 13.6. The van der Waals surface area contributed by atoms with E-state index in [0.717, 1.165) is 12.1 Å². The molecule has 0 saturated heterocycles. The first-order valence-electron chi connectivity index (χ1n) is 6.27. The molecule has 0 aliphatic carbocycles. The summed E-state index contributed by atoms with van der Waals surface area (Å²) in [6, 6.07) is 8.54. The number of anilines is 1. The minimum absolute atomic E-state index is 0.127. The summed E-state index contributed by atoms with van der Waals surface area (Å²) in [6.07, 6.45) is -4.05. The van der Waals surface area contributed by atoms with Crippen LogP contribution in [0, 0.1) is 0 Å². The van der Waals surface area contributed by atoms with E-state index in [1.54, 1.807) is 18.2 Å². The molecule has 0 spiro atoms. The quantitative estimate of drug-likeness (QED) is 0.861. The van der Waals surface area contributed by atoms with Gasteiger partial charge in [0, 0.05) is 11.8 Å². The van der Waals surface area contributed by atoms with Crippen LogP contribution in [-0.2, 0) is 12.6 Å². The summed E-state index contributed by atoms with van der Waals surface area (Å²) in [5.74, 6) is 1.12. The van der Waals surface area contributed by atoms with Crippen LogP contribution >= 0.6 is 0 Å². The molecule has 1 aliphatic heterocycles. The summed E-state index contributed by atoms with van der Waals surface area (Å²) in [6.45, 7) is 0.127. The maximum atomic E-state index is 12.7. The van der Waals surface area contributed by atoms with Crippen molar-refractivity contribution in [3.63, 3.8) is 0 Å². The zero-order valence-electron chi connectivity index (χ0n) is 10.9. The predicted octanol–water partition coefficient (Wildman–Crippen LogP) is 3.61. The van der Waals surface area contributed by atoms with E-state index >= 15 is 0 Å². The first-order valence-corrected chi connectivity index (χ1v) is 6.27. The lowest BCUT2D eigenvalue weighted by Crippen LogP contribution is -2.05. The molecule has 0 atom stereocenters. The van der Waals surface area contributed by atoms with Crippen LogP contribution in [0.3, 0.4) is 0 Å². The molecule has 2 N–H and O–H groups in total. The van der Waals surface area contributed by atoms with Gasteiger partial charge in [-0.15, -0.1) is 0 Å². The average molecular weight is 295 g/mol. The number of ether oxygens (including phenoxy) is 2. The lowest BCUT2D eigenvalue weighted by molar-refractivity contribution is -0.137. The Morgan fingerprint density at radius 2 is 1.76 bits per heavy atom. The molecule has 0 saturated carbocycles. The smallest absolute Gasteiger partial charge is 0.416 e. The Bertz CT molecular complexity index is 683. The third kappa shape index (κ3) is 2.74. The summed E-state index contributed by atoms with van der Waals surface area (Å²) in [5.41, 5.74) is 6.95. The lowest BCUT2D eigenvalue weighted by atomic mass is 10.0. The minimum Gasteiger partial charge on any atom is -0.454 e. The van der Waals surface area contributed by atoms with Gasteiger partial charge < -0.3 is 15.2 Å². The fourth-order valence-corrected chi connectivity index (χ4v) is 2.23. The SMILES string of the molecule is Nc1cc2c(cc1Cc1cccc(C(F)(F)F)c1)OCO2. The van der Waals surface area contributed by atoms with Crippen molar-refractivity contribution in [3.8, 4) is 11.5 Å². The molecule has 1 heterocycles. The molecule has 0 radical (unpaired) electrons. The molecule has 0 amide bonds. The normalized spacial score (nSPS) is 13.5. The molecule has 2 aromatic rings. The summed E-state index contributed by atoms with van der Waals surface area (Å²) in [7, 11) is 0. The number of hydrogen-bond donors (Lipinski definition) is 1. The van der Waals surface area contributed by atoms with Crippen LogP contribution in [0.1, 0.15) is 16.7 Å². The Morgan fingerprint density at radius 1 is 1.05 bits per heavy atom. The second kappa shape index (κ2) is 4.87. The predicted molar refractivity (Wildman–Crippen MR) is 71.2 cm³/mol. The molecule has 3 rings (SSSR count). The molecule has 0 unspecified atom stereocenters. The third-order valence-electron chi connectivity index (χ3n) is 3.28. The van der Waals surface area contributed by atoms with E-state index in [1.807, 2.05) is 0 Å². The van der Waals surface area contributed by atoms with Gasteiger partial charge in [0.05, 0.1) is 5.56 Å². The summed E-state index contributed by atoms with van der Waals surface area (Å²) >= 11 is 0. The highest BCUT2D eigenvalue weighted by Gasteiger charge is 2.30. The third-order valence-corrected chi connectivity index (χ3v) is 3.28. The fraction of sp³-hybridized carbons (Fsp3) is 0.200. The van der Waals surface area contributed by atoms with Crippen LogP contribution in [0.5, 0.6) is 11.5 Å². The van der Waals surface area contributed by atoms with Gasteiger partial charge in [-0.2, -0.15) is 13.2 Å². The number of rotatable bonds is 2. The Morgan fingerprint density at radius 3 is 2.48 bits per heavy atom. The minimum atomic E-state index is -4.35. The van der Waals surface area contributed by atoms with E-state index in [2.05, 4.69) is 0 Å². The van der Waals surface area contributed by atoms with E-state index < -0.39 is 11.7 Å². The molecular formula is C15H12F3NO2. The molecular weight excluding hydrogens is 283 g/mol. The highest BCUT2D eigenvalue weighted by Crippen LogP contribution is 2.37. The van der Waals surface area contributed by atoms with E-state index in [1.165, 1.54) is 6.07 Å². The Hall–Kier alpha value is -2.37. The molecule has 6 heteroatoms. The number of nitrogens with two attached hydrogens (primary N) is 1. The summed E-state index contributed by atoms with van der Waals surface area (Å²) in [4.78, 5) is 0. The number of halogens is 3. The van der Waals surface area contributed by atoms with Crippen molar-refractivity contribution >= 4 is 5.69 Å². The monoisotopic (exact) mass is 295 g/mol. The van der Waals surface area contributed by atoms with Gasteiger partial charge in [0.25, 0.3) is 0 Å². The standard InChI is InChI=1S/C15H12F3NO2/c16-15(17,18)11-3-1-2-9(5-11)4-10-6-13-14(7-12(10)19)21-8-20-13/h1-3,5-7H,4,8,19H2. The summed E-state index contributed by atoms with van der Waals surface area (Å²) in [5, 5.41) is 0. The van der Waals surface area contributed by atoms with Crippen molar-refractivity contribution in [3.05, 3.63) is 53.1 Å². The van der Waals surface area contributed by atoms with Gasteiger partial charge in [0.1, 0.15) is 0 Å². The van der Waals surface area contributed by atoms with E-state index in [-0.39, 0.29) is 6.79 Å². The van der Waals surface area contributed by atoms with Crippen LogP contribution in [0.2, 0.25) is 0 Å². The number of nitrogen functional groups attached to an aromatic ring is 1. The molecule has 0 fully saturated rings. The second-order valence-corrected chi connectivity index (χ2v) is 4.78. The largest absolute Gasteiger partial charge is 0.454 e. The highest BCUT2D eigenvalue weighted by molar-refractivity contribution is 5.59. The molecule has 21 heavy (non-hydrogen) atoms. The zero-order valence-corrected chi connectivity index (χ0v) is 10.9. The Balaban J connectivity index is 1.91. The molecule has 2 aromatic carbocycles. The van der Waals surface area contributed by atoms with Crippen LogP contribution in [0.15, 0.2) is 36.4 Å². The van der Waals surface area contributed by atoms with Crippen LogP contribution in [0.4, 0.5) is 18.9 Å². The van der Waals surface area contributed by atoms with Gasteiger partial charge in [-0.05, 0) is 29.7 Å². The van der Waals surface area contributed by atoms with Crippen LogP contribution < -0.4 is 15.2 Å². The van der Waals surface area contributed by atoms with Gasteiger partial charge in [-0.1, -0.05) is 18.2 Å². The molecule has 1 aliphatic rings. The van der Waals surface area contributed by atoms with Crippen molar-refractivity contribution in [2.75, 3.05) is 12.5 Å². The Labute approximate surface area is 119 Å².